The molecule has 1 aromatic heterocycles. The summed E-state index contributed by atoms with van der Waals surface area (Å²) >= 11 is 3.31. The maximum Gasteiger partial charge on any atom is 0.133 e. The molecule has 0 saturated heterocycles. The van der Waals surface area contributed by atoms with Crippen molar-refractivity contribution >= 4 is 21.7 Å². The van der Waals surface area contributed by atoms with Gasteiger partial charge in [0.15, 0.2) is 0 Å². The monoisotopic (exact) mass is 240 g/mol. The minimum absolute atomic E-state index is 0.416. The molecule has 0 spiro atoms. The Kier molecular flexibility index (Phi) is 1.34. The summed E-state index contributed by atoms with van der Waals surface area (Å²) in [5.41, 5.74) is 0.345. The van der Waals surface area contributed by atoms with Gasteiger partial charge in [-0.2, -0.15) is 0 Å². The first-order chi connectivity index (χ1) is 6.17. The molecule has 0 amide bonds. The molecule has 2 N–H and O–H groups in total. The SMILES string of the molecule is OC12CC(C1)Nc1nc(Br)ccc12. The van der Waals surface area contributed by atoms with Crippen molar-refractivity contribution < 1.29 is 5.11 Å². The standard InChI is InChI=1S/C9H9BrN2O/c10-7-2-1-6-8(12-7)11-5-3-9(6,13)4-5/h1-2,5,13H,3-4H2,(H,11,12). The van der Waals surface area contributed by atoms with E-state index in [1.165, 1.54) is 0 Å². The second-order valence-corrected chi connectivity index (χ2v) is 4.62. The van der Waals surface area contributed by atoms with Gasteiger partial charge in [-0.1, -0.05) is 0 Å². The molecule has 4 heteroatoms. The van der Waals surface area contributed by atoms with Crippen LogP contribution in [0.3, 0.4) is 0 Å². The highest BCUT2D eigenvalue weighted by atomic mass is 79.9. The molecule has 2 aliphatic heterocycles. The maximum atomic E-state index is 10.1. The zero-order valence-electron chi connectivity index (χ0n) is 6.92. The van der Waals surface area contributed by atoms with Gasteiger partial charge in [0, 0.05) is 24.4 Å². The van der Waals surface area contributed by atoms with Crippen LogP contribution in [0.2, 0.25) is 0 Å². The van der Waals surface area contributed by atoms with Crippen LogP contribution in [0.25, 0.3) is 0 Å². The van der Waals surface area contributed by atoms with E-state index < -0.39 is 5.60 Å². The fourth-order valence-electron chi connectivity index (χ4n) is 2.19. The van der Waals surface area contributed by atoms with Crippen LogP contribution in [0.1, 0.15) is 18.4 Å². The van der Waals surface area contributed by atoms with Crippen molar-refractivity contribution in [3.63, 3.8) is 0 Å². The quantitative estimate of drug-likeness (QED) is 0.678. The molecular weight excluding hydrogens is 232 g/mol. The van der Waals surface area contributed by atoms with Crippen molar-refractivity contribution in [1.82, 2.24) is 4.98 Å². The van der Waals surface area contributed by atoms with Gasteiger partial charge >= 0.3 is 0 Å². The summed E-state index contributed by atoms with van der Waals surface area (Å²) in [5.74, 6) is 0.833. The van der Waals surface area contributed by atoms with E-state index in [2.05, 4.69) is 26.2 Å². The van der Waals surface area contributed by atoms with Gasteiger partial charge in [0.2, 0.25) is 0 Å². The highest BCUT2D eigenvalue weighted by molar-refractivity contribution is 9.10. The second-order valence-electron chi connectivity index (χ2n) is 3.81. The molecule has 0 atom stereocenters. The Morgan fingerprint density at radius 3 is 3.08 bits per heavy atom. The number of halogens is 1. The van der Waals surface area contributed by atoms with Crippen molar-refractivity contribution in [3.8, 4) is 0 Å². The lowest BCUT2D eigenvalue weighted by Crippen LogP contribution is -2.53. The van der Waals surface area contributed by atoms with E-state index in [1.54, 1.807) is 0 Å². The minimum atomic E-state index is -0.598. The van der Waals surface area contributed by atoms with Crippen molar-refractivity contribution in [2.24, 2.45) is 0 Å². The predicted octanol–water partition coefficient (Wildman–Crippen LogP) is 1.62. The van der Waals surface area contributed by atoms with Gasteiger partial charge in [-0.05, 0) is 28.1 Å². The molecule has 1 aromatic rings. The van der Waals surface area contributed by atoms with Gasteiger partial charge in [-0.25, -0.2) is 4.98 Å². The van der Waals surface area contributed by atoms with Crippen LogP contribution in [0.15, 0.2) is 16.7 Å². The molecule has 4 rings (SSSR count). The van der Waals surface area contributed by atoms with E-state index in [9.17, 15) is 5.11 Å². The molecule has 0 unspecified atom stereocenters. The smallest absolute Gasteiger partial charge is 0.133 e. The number of aromatic nitrogens is 1. The van der Waals surface area contributed by atoms with E-state index >= 15 is 0 Å². The number of pyridine rings is 1. The molecule has 0 aromatic carbocycles. The van der Waals surface area contributed by atoms with Crippen LogP contribution in [0.5, 0.6) is 0 Å². The second kappa shape index (κ2) is 2.25. The largest absolute Gasteiger partial charge is 0.385 e. The topological polar surface area (TPSA) is 45.1 Å². The van der Waals surface area contributed by atoms with Crippen molar-refractivity contribution in [2.45, 2.75) is 24.5 Å². The summed E-state index contributed by atoms with van der Waals surface area (Å²) in [6.45, 7) is 0. The lowest BCUT2D eigenvalue weighted by molar-refractivity contribution is -0.0538. The summed E-state index contributed by atoms with van der Waals surface area (Å²) in [5, 5.41) is 13.4. The van der Waals surface area contributed by atoms with Gasteiger partial charge in [-0.15, -0.1) is 0 Å². The summed E-state index contributed by atoms with van der Waals surface area (Å²) in [4.78, 5) is 4.29. The number of hydrogen-bond acceptors (Lipinski definition) is 3. The number of aliphatic hydroxyl groups is 1. The number of rotatable bonds is 0. The van der Waals surface area contributed by atoms with Crippen LogP contribution < -0.4 is 5.32 Å². The van der Waals surface area contributed by atoms with Gasteiger partial charge in [-0.3, -0.25) is 0 Å². The molecule has 1 aliphatic carbocycles. The summed E-state index contributed by atoms with van der Waals surface area (Å²) in [6, 6.07) is 4.23. The molecule has 0 radical (unpaired) electrons. The third-order valence-corrected chi connectivity index (χ3v) is 3.31. The van der Waals surface area contributed by atoms with Crippen LogP contribution in [0.4, 0.5) is 5.82 Å². The normalized spacial score (nSPS) is 34.5. The first-order valence-electron chi connectivity index (χ1n) is 4.33. The zero-order chi connectivity index (χ0) is 9.05. The van der Waals surface area contributed by atoms with Gasteiger partial charge in [0.05, 0.1) is 5.60 Å². The van der Waals surface area contributed by atoms with Gasteiger partial charge in [0.25, 0.3) is 0 Å². The Morgan fingerprint density at radius 1 is 1.54 bits per heavy atom. The van der Waals surface area contributed by atoms with E-state index in [0.717, 1.165) is 28.8 Å². The van der Waals surface area contributed by atoms with Crippen molar-refractivity contribution in [2.75, 3.05) is 5.32 Å². The summed E-state index contributed by atoms with van der Waals surface area (Å²) in [7, 11) is 0. The lowest BCUT2D eigenvalue weighted by Gasteiger charge is -2.49. The number of nitrogens with zero attached hydrogens (tertiary/aromatic N) is 1. The summed E-state index contributed by atoms with van der Waals surface area (Å²) < 4.78 is 0.809. The van der Waals surface area contributed by atoms with Crippen molar-refractivity contribution in [3.05, 3.63) is 22.3 Å². The molecule has 13 heavy (non-hydrogen) atoms. The van der Waals surface area contributed by atoms with Crippen LogP contribution in [-0.2, 0) is 5.60 Å². The highest BCUT2D eigenvalue weighted by Gasteiger charge is 2.49. The fourth-order valence-corrected chi connectivity index (χ4v) is 2.50. The minimum Gasteiger partial charge on any atom is -0.385 e. The van der Waals surface area contributed by atoms with E-state index in [-0.39, 0.29) is 0 Å². The number of nitrogens with one attached hydrogen (secondary N) is 1. The molecule has 3 heterocycles. The van der Waals surface area contributed by atoms with Gasteiger partial charge in [0.1, 0.15) is 10.4 Å². The Balaban J connectivity index is 2.18. The molecule has 1 saturated carbocycles. The number of anilines is 1. The average Bonchev–Trinajstić information content (AvgIpc) is 2.01. The van der Waals surface area contributed by atoms with Crippen LogP contribution in [-0.4, -0.2) is 16.1 Å². The molecular formula is C9H9BrN2O. The molecule has 2 bridgehead atoms. The Morgan fingerprint density at radius 2 is 2.31 bits per heavy atom. The Bertz CT molecular complexity index is 374. The first kappa shape index (κ1) is 7.76. The summed E-state index contributed by atoms with van der Waals surface area (Å²) in [6.07, 6.45) is 1.65. The maximum absolute atomic E-state index is 10.1. The number of hydrogen-bond donors (Lipinski definition) is 2. The lowest BCUT2D eigenvalue weighted by atomic mass is 9.68. The van der Waals surface area contributed by atoms with Gasteiger partial charge < -0.3 is 10.4 Å². The fraction of sp³-hybridized carbons (Fsp3) is 0.444. The van der Waals surface area contributed by atoms with Crippen LogP contribution in [0, 0.1) is 0 Å². The molecule has 1 fully saturated rings. The average molecular weight is 241 g/mol. The highest BCUT2D eigenvalue weighted by Crippen LogP contribution is 2.49. The predicted molar refractivity (Wildman–Crippen MR) is 52.5 cm³/mol. The van der Waals surface area contributed by atoms with Crippen molar-refractivity contribution in [1.29, 1.82) is 0 Å². The molecule has 3 nitrogen and oxygen atoms in total. The van der Waals surface area contributed by atoms with Crippen LogP contribution >= 0.6 is 15.9 Å². The first-order valence-corrected chi connectivity index (χ1v) is 5.13. The third-order valence-electron chi connectivity index (χ3n) is 2.87. The van der Waals surface area contributed by atoms with E-state index in [4.69, 9.17) is 0 Å². The van der Waals surface area contributed by atoms with E-state index in [0.29, 0.717) is 6.04 Å². The Hall–Kier alpha value is -0.610. The molecule has 68 valence electrons. The zero-order valence-corrected chi connectivity index (χ0v) is 8.50. The third kappa shape index (κ3) is 0.957. The molecule has 3 aliphatic rings. The Labute approximate surface area is 84.3 Å². The van der Waals surface area contributed by atoms with E-state index in [1.807, 2.05) is 12.1 Å².